The molecule has 0 saturated carbocycles. The Bertz CT molecular complexity index is 3050. The van der Waals surface area contributed by atoms with Gasteiger partial charge in [-0.1, -0.05) is 127 Å². The van der Waals surface area contributed by atoms with Gasteiger partial charge in [0.05, 0.1) is 32.3 Å². The maximum atomic E-state index is 5.41. The number of benzene rings is 7. The van der Waals surface area contributed by atoms with Crippen molar-refractivity contribution >= 4 is 96.7 Å². The largest absolute Gasteiger partial charge is 0.307 e. The topological polar surface area (TPSA) is 22.8 Å². The predicted molar refractivity (Wildman–Crippen MR) is 207 cm³/mol. The predicted octanol–water partition coefficient (Wildman–Crippen LogP) is 12.5. The van der Waals surface area contributed by atoms with Gasteiger partial charge < -0.3 is 4.57 Å². The molecule has 0 saturated heterocycles. The first-order chi connectivity index (χ1) is 23.8. The number of nitrogens with zero attached hydrogens (tertiary/aromatic N) is 3. The van der Waals surface area contributed by atoms with Crippen LogP contribution in [0.3, 0.4) is 0 Å². The van der Waals surface area contributed by atoms with Crippen molar-refractivity contribution in [1.82, 2.24) is 14.1 Å². The summed E-state index contributed by atoms with van der Waals surface area (Å²) in [6, 6.07) is 54.8. The Morgan fingerprint density at radius 2 is 1.06 bits per heavy atom. The van der Waals surface area contributed by atoms with E-state index >= 15 is 0 Å². The van der Waals surface area contributed by atoms with Crippen molar-refractivity contribution in [3.63, 3.8) is 0 Å². The zero-order valence-electron chi connectivity index (χ0n) is 25.6. The van der Waals surface area contributed by atoms with E-state index in [1.54, 1.807) is 11.3 Å². The van der Waals surface area contributed by atoms with Gasteiger partial charge in [-0.2, -0.15) is 0 Å². The van der Waals surface area contributed by atoms with E-state index in [1.807, 2.05) is 11.3 Å². The van der Waals surface area contributed by atoms with Crippen LogP contribution < -0.4 is 0 Å². The Kier molecular flexibility index (Phi) is 5.42. The van der Waals surface area contributed by atoms with Crippen molar-refractivity contribution in [3.8, 4) is 21.9 Å². The summed E-state index contributed by atoms with van der Waals surface area (Å²) in [6.07, 6.45) is 0. The van der Waals surface area contributed by atoms with E-state index in [0.717, 1.165) is 16.3 Å². The van der Waals surface area contributed by atoms with Crippen LogP contribution in [-0.4, -0.2) is 14.1 Å². The third kappa shape index (κ3) is 3.55. The first-order valence-electron chi connectivity index (χ1n) is 16.1. The molecule has 0 aliphatic heterocycles. The van der Waals surface area contributed by atoms with Gasteiger partial charge in [-0.25, -0.2) is 4.98 Å². The fourth-order valence-electron chi connectivity index (χ4n) is 7.74. The summed E-state index contributed by atoms with van der Waals surface area (Å²) in [5.74, 6) is 0. The lowest BCUT2D eigenvalue weighted by Gasteiger charge is -2.10. The zero-order chi connectivity index (χ0) is 31.3. The van der Waals surface area contributed by atoms with Gasteiger partial charge >= 0.3 is 0 Å². The molecule has 11 aromatic rings. The van der Waals surface area contributed by atoms with E-state index in [1.165, 1.54) is 79.6 Å². The molecule has 3 nitrogen and oxygen atoms in total. The average molecular weight is 648 g/mol. The molecule has 4 heterocycles. The lowest BCUT2D eigenvalue weighted by atomic mass is 10.0. The van der Waals surface area contributed by atoms with Crippen LogP contribution in [0.15, 0.2) is 152 Å². The molecule has 5 heteroatoms. The van der Waals surface area contributed by atoms with Gasteiger partial charge in [-0.15, -0.1) is 11.3 Å². The fourth-order valence-corrected chi connectivity index (χ4v) is 10.2. The minimum atomic E-state index is 0.986. The second-order valence-electron chi connectivity index (χ2n) is 12.3. The first-order valence-corrected chi connectivity index (χ1v) is 17.8. The highest BCUT2D eigenvalue weighted by atomic mass is 32.1. The molecule has 224 valence electrons. The Morgan fingerprint density at radius 1 is 0.438 bits per heavy atom. The quantitative estimate of drug-likeness (QED) is 0.187. The van der Waals surface area contributed by atoms with Gasteiger partial charge in [0.25, 0.3) is 0 Å². The number of rotatable bonds is 3. The Hall–Kier alpha value is -5.75. The highest BCUT2D eigenvalue weighted by molar-refractivity contribution is 7.28. The molecule has 0 N–H and O–H groups in total. The van der Waals surface area contributed by atoms with Crippen molar-refractivity contribution in [2.75, 3.05) is 0 Å². The summed E-state index contributed by atoms with van der Waals surface area (Å²) in [7, 11) is 0. The molecule has 0 amide bonds. The number of aromatic nitrogens is 3. The summed E-state index contributed by atoms with van der Waals surface area (Å²) in [5.41, 5.74) is 9.48. The normalized spacial score (nSPS) is 12.2. The molecule has 11 rings (SSSR count). The lowest BCUT2D eigenvalue weighted by molar-refractivity contribution is 1.13. The third-order valence-corrected chi connectivity index (χ3v) is 12.0. The van der Waals surface area contributed by atoms with Gasteiger partial charge in [-0.3, -0.25) is 4.57 Å². The molecule has 4 aromatic heterocycles. The second-order valence-corrected chi connectivity index (χ2v) is 14.4. The van der Waals surface area contributed by atoms with Crippen molar-refractivity contribution in [2.24, 2.45) is 0 Å². The highest BCUT2D eigenvalue weighted by Gasteiger charge is 2.23. The maximum Gasteiger partial charge on any atom is 0.195 e. The van der Waals surface area contributed by atoms with Crippen molar-refractivity contribution in [3.05, 3.63) is 152 Å². The smallest absolute Gasteiger partial charge is 0.195 e. The van der Waals surface area contributed by atoms with Gasteiger partial charge in [0.2, 0.25) is 0 Å². The molecule has 48 heavy (non-hydrogen) atoms. The summed E-state index contributed by atoms with van der Waals surface area (Å²) < 4.78 is 8.72. The van der Waals surface area contributed by atoms with Crippen LogP contribution in [-0.2, 0) is 0 Å². The molecule has 0 aliphatic rings. The lowest BCUT2D eigenvalue weighted by Crippen LogP contribution is -1.98. The van der Waals surface area contributed by atoms with Gasteiger partial charge in [0.1, 0.15) is 0 Å². The van der Waals surface area contributed by atoms with Crippen molar-refractivity contribution in [2.45, 2.75) is 0 Å². The fraction of sp³-hybridized carbons (Fsp3) is 0. The van der Waals surface area contributed by atoms with Crippen LogP contribution in [0.25, 0.3) is 95.9 Å². The molecule has 0 atom stereocenters. The number of thiophene rings is 1. The molecule has 7 aromatic carbocycles. The van der Waals surface area contributed by atoms with Gasteiger partial charge in [0, 0.05) is 47.4 Å². The molecule has 0 fully saturated rings. The van der Waals surface area contributed by atoms with E-state index in [-0.39, 0.29) is 0 Å². The summed E-state index contributed by atoms with van der Waals surface area (Å²) in [4.78, 5) is 5.41. The molecule has 0 unspecified atom stereocenters. The number of hydrogen-bond acceptors (Lipinski definition) is 3. The molecule has 0 radical (unpaired) electrons. The van der Waals surface area contributed by atoms with E-state index < -0.39 is 0 Å². The molecule has 0 spiro atoms. The SMILES string of the molecule is c1ccc(-c2cccc3c2sc2ccc4nc(-n5c6ccccc6c6ccc7c8ccccc8n(-c8ccccc8)c7c65)sc4c23)cc1. The van der Waals surface area contributed by atoms with Crippen LogP contribution in [0.1, 0.15) is 0 Å². The van der Waals surface area contributed by atoms with Crippen molar-refractivity contribution in [1.29, 1.82) is 0 Å². The average Bonchev–Trinajstić information content (AvgIpc) is 3.91. The molecule has 0 aliphatic carbocycles. The standard InChI is InChI=1S/C43H25N3S2/c1-3-12-26(13-4-1)28-18-11-19-33-38-37(47-41(28)33)25-24-34-42(38)48-43(44-34)46-36-21-10-8-17-30(36)32-23-22-31-29-16-7-9-20-35(29)45(39(31)40(32)46)27-14-5-2-6-15-27/h1-25H. The van der Waals surface area contributed by atoms with Crippen LogP contribution in [0.5, 0.6) is 0 Å². The number of para-hydroxylation sites is 3. The van der Waals surface area contributed by atoms with Crippen molar-refractivity contribution < 1.29 is 0 Å². The minimum absolute atomic E-state index is 0.986. The summed E-state index contributed by atoms with van der Waals surface area (Å²) >= 11 is 3.68. The number of thiazole rings is 1. The van der Waals surface area contributed by atoms with Crippen LogP contribution >= 0.6 is 22.7 Å². The van der Waals surface area contributed by atoms with E-state index in [4.69, 9.17) is 4.98 Å². The highest BCUT2D eigenvalue weighted by Crippen LogP contribution is 2.46. The molecule has 0 bridgehead atoms. The molecular formula is C43H25N3S2. The summed E-state index contributed by atoms with van der Waals surface area (Å²) in [5, 5.41) is 8.55. The first kappa shape index (κ1) is 26.3. The number of fused-ring (bicyclic) bond motifs is 12. The van der Waals surface area contributed by atoms with E-state index in [9.17, 15) is 0 Å². The zero-order valence-corrected chi connectivity index (χ0v) is 27.2. The Balaban J connectivity index is 1.27. The monoisotopic (exact) mass is 647 g/mol. The van der Waals surface area contributed by atoms with Gasteiger partial charge in [0.15, 0.2) is 5.13 Å². The Morgan fingerprint density at radius 3 is 1.81 bits per heavy atom. The summed E-state index contributed by atoms with van der Waals surface area (Å²) in [6.45, 7) is 0. The Labute approximate surface area is 283 Å². The maximum absolute atomic E-state index is 5.41. The second kappa shape index (κ2) is 9.88. The van der Waals surface area contributed by atoms with E-state index in [2.05, 4.69) is 161 Å². The van der Waals surface area contributed by atoms with Crippen LogP contribution in [0, 0.1) is 0 Å². The van der Waals surface area contributed by atoms with Crippen LogP contribution in [0.2, 0.25) is 0 Å². The van der Waals surface area contributed by atoms with Crippen LogP contribution in [0.4, 0.5) is 0 Å². The molecular weight excluding hydrogens is 623 g/mol. The van der Waals surface area contributed by atoms with E-state index in [0.29, 0.717) is 0 Å². The minimum Gasteiger partial charge on any atom is -0.307 e. The van der Waals surface area contributed by atoms with Gasteiger partial charge in [-0.05, 0) is 47.5 Å². The third-order valence-electron chi connectivity index (χ3n) is 9.76. The number of hydrogen-bond donors (Lipinski definition) is 0.